The highest BCUT2D eigenvalue weighted by Gasteiger charge is 2.56. The number of hydrogen-bond acceptors (Lipinski definition) is 3. The quantitative estimate of drug-likeness (QED) is 0.914. The van der Waals surface area contributed by atoms with Crippen LogP contribution in [-0.4, -0.2) is 33.3 Å². The third kappa shape index (κ3) is 2.30. The molecule has 1 saturated carbocycles. The first kappa shape index (κ1) is 14.0. The van der Waals surface area contributed by atoms with Crippen LogP contribution in [0.2, 0.25) is 0 Å². The van der Waals surface area contributed by atoms with E-state index >= 15 is 0 Å². The molecule has 1 saturated heterocycles. The third-order valence-electron chi connectivity index (χ3n) is 4.65. The maximum Gasteiger partial charge on any atom is 0.246 e. The van der Waals surface area contributed by atoms with E-state index in [1.165, 1.54) is 0 Å². The van der Waals surface area contributed by atoms with Crippen molar-refractivity contribution in [1.82, 2.24) is 15.2 Å². The van der Waals surface area contributed by atoms with Gasteiger partial charge in [0.05, 0.1) is 0 Å². The van der Waals surface area contributed by atoms with Crippen LogP contribution in [0.25, 0.3) is 0 Å². The Hall–Kier alpha value is -1.91. The van der Waals surface area contributed by atoms with Gasteiger partial charge in [0, 0.05) is 18.9 Å². The fraction of sp³-hybridized carbons (Fsp3) is 0.562. The molecule has 5 heteroatoms. The summed E-state index contributed by atoms with van der Waals surface area (Å²) in [6, 6.07) is 1.56. The normalized spacial score (nSPS) is 29.5. The van der Waals surface area contributed by atoms with Gasteiger partial charge in [0.15, 0.2) is 0 Å². The molecule has 2 unspecified atom stereocenters. The van der Waals surface area contributed by atoms with Crippen molar-refractivity contribution in [2.24, 2.45) is 5.92 Å². The second-order valence-corrected chi connectivity index (χ2v) is 6.41. The van der Waals surface area contributed by atoms with Gasteiger partial charge >= 0.3 is 0 Å². The average Bonchev–Trinajstić information content (AvgIpc) is 3.26. The molecule has 2 atom stereocenters. The van der Waals surface area contributed by atoms with Gasteiger partial charge in [0.25, 0.3) is 0 Å². The number of nitrogens with one attached hydrogen (secondary N) is 1. The van der Waals surface area contributed by atoms with Crippen molar-refractivity contribution in [2.75, 3.05) is 0 Å². The van der Waals surface area contributed by atoms with E-state index in [0.717, 1.165) is 24.0 Å². The molecule has 1 aliphatic carbocycles. The van der Waals surface area contributed by atoms with Gasteiger partial charge in [-0.15, -0.1) is 0 Å². The molecule has 2 aliphatic rings. The largest absolute Gasteiger partial charge is 0.343 e. The predicted octanol–water partition coefficient (Wildman–Crippen LogP) is 1.41. The molecular weight excluding hydrogens is 266 g/mol. The number of amides is 2. The highest BCUT2D eigenvalue weighted by Crippen LogP contribution is 2.45. The number of nitrogens with zero attached hydrogens (tertiary/aromatic N) is 2. The number of piperazine rings is 1. The highest BCUT2D eigenvalue weighted by molar-refractivity contribution is 5.99. The molecule has 1 aliphatic heterocycles. The fourth-order valence-corrected chi connectivity index (χ4v) is 3.17. The Balaban J connectivity index is 1.94. The molecule has 3 rings (SSSR count). The minimum absolute atomic E-state index is 0.00879. The van der Waals surface area contributed by atoms with Crippen LogP contribution in [0.4, 0.5) is 0 Å². The Bertz CT molecular complexity index is 597. The maximum atomic E-state index is 12.6. The van der Waals surface area contributed by atoms with Crippen LogP contribution in [-0.2, 0) is 16.1 Å². The zero-order chi connectivity index (χ0) is 15.2. The first-order chi connectivity index (χ1) is 9.92. The van der Waals surface area contributed by atoms with Gasteiger partial charge in [-0.25, -0.2) is 0 Å². The minimum Gasteiger partial charge on any atom is -0.343 e. The molecule has 0 spiro atoms. The van der Waals surface area contributed by atoms with Crippen molar-refractivity contribution in [2.45, 2.75) is 51.7 Å². The van der Waals surface area contributed by atoms with E-state index in [4.69, 9.17) is 0 Å². The first-order valence-corrected chi connectivity index (χ1v) is 7.46. The molecule has 21 heavy (non-hydrogen) atoms. The zero-order valence-corrected chi connectivity index (χ0v) is 12.7. The highest BCUT2D eigenvalue weighted by atomic mass is 16.2. The third-order valence-corrected chi connectivity index (χ3v) is 4.65. The molecule has 1 aromatic heterocycles. The van der Waals surface area contributed by atoms with Crippen LogP contribution in [0.15, 0.2) is 18.5 Å². The molecule has 1 aromatic rings. The Morgan fingerprint density at radius 3 is 2.71 bits per heavy atom. The summed E-state index contributed by atoms with van der Waals surface area (Å²) in [6.07, 6.45) is 5.57. The topological polar surface area (TPSA) is 62.3 Å². The van der Waals surface area contributed by atoms with Crippen LogP contribution in [0.1, 0.15) is 37.8 Å². The van der Waals surface area contributed by atoms with E-state index in [0.29, 0.717) is 6.54 Å². The van der Waals surface area contributed by atoms with Gasteiger partial charge in [-0.05, 0) is 50.7 Å². The minimum atomic E-state index is -0.729. The molecule has 0 bridgehead atoms. The maximum absolute atomic E-state index is 12.6. The number of hydrogen-bond donors (Lipinski definition) is 1. The lowest BCUT2D eigenvalue weighted by atomic mass is 9.88. The van der Waals surface area contributed by atoms with Crippen molar-refractivity contribution in [3.05, 3.63) is 29.6 Å². The lowest BCUT2D eigenvalue weighted by molar-refractivity contribution is -0.158. The summed E-state index contributed by atoms with van der Waals surface area (Å²) in [5.41, 5.74) is 1.30. The van der Waals surface area contributed by atoms with E-state index < -0.39 is 11.6 Å². The summed E-state index contributed by atoms with van der Waals surface area (Å²) in [6.45, 7) is 6.06. The van der Waals surface area contributed by atoms with Crippen LogP contribution < -0.4 is 5.32 Å². The van der Waals surface area contributed by atoms with E-state index in [1.807, 2.05) is 19.9 Å². The second kappa shape index (κ2) is 4.83. The standard InChI is InChI=1S/C16H21N3O2/c1-10-6-12(8-17-7-10)9-19-14(20)11(2)18-15(21)16(19,3)13-4-5-13/h6-8,11,13H,4-5,9H2,1-3H3,(H,18,21). The summed E-state index contributed by atoms with van der Waals surface area (Å²) >= 11 is 0. The van der Waals surface area contributed by atoms with Gasteiger partial charge in [-0.2, -0.15) is 0 Å². The van der Waals surface area contributed by atoms with Gasteiger partial charge in [-0.1, -0.05) is 6.07 Å². The molecular formula is C16H21N3O2. The summed E-state index contributed by atoms with van der Waals surface area (Å²) in [7, 11) is 0. The Morgan fingerprint density at radius 2 is 2.10 bits per heavy atom. The summed E-state index contributed by atoms with van der Waals surface area (Å²) in [5.74, 6) is 0.231. The molecule has 2 amide bonds. The second-order valence-electron chi connectivity index (χ2n) is 6.41. The zero-order valence-electron chi connectivity index (χ0n) is 12.7. The molecule has 0 radical (unpaired) electrons. The van der Waals surface area contributed by atoms with Crippen LogP contribution >= 0.6 is 0 Å². The van der Waals surface area contributed by atoms with E-state index in [1.54, 1.807) is 24.2 Å². The number of aryl methyl sites for hydroxylation is 1. The van der Waals surface area contributed by atoms with E-state index in [2.05, 4.69) is 10.3 Å². The molecule has 2 heterocycles. The number of carbonyl (C=O) groups excluding carboxylic acids is 2. The average molecular weight is 287 g/mol. The Morgan fingerprint density at radius 1 is 1.38 bits per heavy atom. The van der Waals surface area contributed by atoms with Crippen LogP contribution in [0.3, 0.4) is 0 Å². The van der Waals surface area contributed by atoms with Gasteiger partial charge in [-0.3, -0.25) is 14.6 Å². The Kier molecular flexibility index (Phi) is 3.23. The van der Waals surface area contributed by atoms with Crippen LogP contribution in [0.5, 0.6) is 0 Å². The van der Waals surface area contributed by atoms with Crippen molar-refractivity contribution in [3.8, 4) is 0 Å². The number of rotatable bonds is 3. The number of carbonyl (C=O) groups is 2. The van der Waals surface area contributed by atoms with Crippen molar-refractivity contribution >= 4 is 11.8 Å². The monoisotopic (exact) mass is 287 g/mol. The SMILES string of the molecule is Cc1cncc(CN2C(=O)C(C)NC(=O)C2(C)C2CC2)c1. The molecule has 2 fully saturated rings. The summed E-state index contributed by atoms with van der Waals surface area (Å²) in [5, 5.41) is 2.82. The molecule has 0 aromatic carbocycles. The summed E-state index contributed by atoms with van der Waals surface area (Å²) in [4.78, 5) is 31.0. The van der Waals surface area contributed by atoms with Crippen molar-refractivity contribution < 1.29 is 9.59 Å². The van der Waals surface area contributed by atoms with Crippen molar-refractivity contribution in [3.63, 3.8) is 0 Å². The van der Waals surface area contributed by atoms with E-state index in [-0.39, 0.29) is 17.7 Å². The smallest absolute Gasteiger partial charge is 0.246 e. The van der Waals surface area contributed by atoms with Gasteiger partial charge in [0.2, 0.25) is 11.8 Å². The fourth-order valence-electron chi connectivity index (χ4n) is 3.17. The van der Waals surface area contributed by atoms with Gasteiger partial charge in [0.1, 0.15) is 11.6 Å². The number of aromatic nitrogens is 1. The van der Waals surface area contributed by atoms with Crippen LogP contribution in [0, 0.1) is 12.8 Å². The predicted molar refractivity (Wildman–Crippen MR) is 78.3 cm³/mol. The Labute approximate surface area is 124 Å². The lowest BCUT2D eigenvalue weighted by Gasteiger charge is -2.46. The van der Waals surface area contributed by atoms with Crippen molar-refractivity contribution in [1.29, 1.82) is 0 Å². The lowest BCUT2D eigenvalue weighted by Crippen LogP contribution is -2.69. The first-order valence-electron chi connectivity index (χ1n) is 7.46. The number of pyridine rings is 1. The molecule has 5 nitrogen and oxygen atoms in total. The molecule has 112 valence electrons. The summed E-state index contributed by atoms with van der Waals surface area (Å²) < 4.78 is 0. The molecule has 1 N–H and O–H groups in total. The van der Waals surface area contributed by atoms with Gasteiger partial charge < -0.3 is 10.2 Å². The van der Waals surface area contributed by atoms with E-state index in [9.17, 15) is 9.59 Å².